The summed E-state index contributed by atoms with van der Waals surface area (Å²) in [5.41, 5.74) is 2.33. The fraction of sp³-hybridized carbons (Fsp3) is 0.0270. The van der Waals surface area contributed by atoms with Crippen LogP contribution in [0, 0.1) is 15.2 Å². The maximum atomic E-state index is 13.5. The molecular weight excluding hydrogens is 1050 g/mol. The predicted molar refractivity (Wildman–Crippen MR) is 229 cm³/mol. The Morgan fingerprint density at radius 1 is 0.596 bits per heavy atom. The first-order valence-corrected chi connectivity index (χ1v) is 18.9. The quantitative estimate of drug-likeness (QED) is 0.102. The van der Waals surface area contributed by atoms with Crippen LogP contribution in [0.3, 0.4) is 0 Å². The van der Waals surface area contributed by atoms with Crippen LogP contribution in [-0.4, -0.2) is 27.4 Å². The van der Waals surface area contributed by atoms with E-state index in [0.717, 1.165) is 30.0 Å². The topological polar surface area (TPSA) is 94.1 Å². The molecule has 0 radical (unpaired) electrons. The summed E-state index contributed by atoms with van der Waals surface area (Å²) in [6.45, 7) is 0. The van der Waals surface area contributed by atoms with Crippen molar-refractivity contribution in [2.24, 2.45) is 0 Å². The van der Waals surface area contributed by atoms with E-state index in [4.69, 9.17) is 49.3 Å². The fourth-order valence-electron chi connectivity index (χ4n) is 4.42. The van der Waals surface area contributed by atoms with E-state index in [-0.39, 0.29) is 24.4 Å². The van der Waals surface area contributed by atoms with Crippen molar-refractivity contribution in [2.75, 3.05) is 0 Å². The summed E-state index contributed by atoms with van der Waals surface area (Å²) in [7, 11) is -1.72. The molecule has 52 heavy (non-hydrogen) atoms. The summed E-state index contributed by atoms with van der Waals surface area (Å²) in [6.07, 6.45) is 0. The lowest BCUT2D eigenvalue weighted by molar-refractivity contribution is 0.423. The Morgan fingerprint density at radius 3 is 1.71 bits per heavy atom. The van der Waals surface area contributed by atoms with Gasteiger partial charge >= 0.3 is 7.12 Å². The summed E-state index contributed by atoms with van der Waals surface area (Å²) in [6, 6.07) is 29.9. The maximum absolute atomic E-state index is 13.5. The van der Waals surface area contributed by atoms with Crippen molar-refractivity contribution in [1.82, 2.24) is 0 Å². The highest BCUT2D eigenvalue weighted by Crippen LogP contribution is 2.39. The minimum Gasteiger partial charge on any atom is -0.506 e. The average Bonchev–Trinajstić information content (AvgIpc) is 3.46. The van der Waals surface area contributed by atoms with Gasteiger partial charge in [0.2, 0.25) is 0 Å². The molecule has 0 saturated carbocycles. The Kier molecular flexibility index (Phi) is 17.2. The summed E-state index contributed by atoms with van der Waals surface area (Å²) < 4.78 is 34.5. The Labute approximate surface area is 352 Å². The van der Waals surface area contributed by atoms with Crippen LogP contribution in [-0.2, 0) is 0 Å². The number of aromatic hydroxyl groups is 2. The van der Waals surface area contributed by atoms with E-state index in [2.05, 4.69) is 47.8 Å². The zero-order chi connectivity index (χ0) is 37.4. The monoisotopic (exact) mass is 1070 g/mol. The van der Waals surface area contributed by atoms with Crippen LogP contribution in [0.5, 0.6) is 11.5 Å². The highest BCUT2D eigenvalue weighted by molar-refractivity contribution is 14.1. The van der Waals surface area contributed by atoms with Gasteiger partial charge < -0.3 is 24.7 Å². The van der Waals surface area contributed by atoms with Crippen LogP contribution in [0.15, 0.2) is 127 Å². The van der Waals surface area contributed by atoms with Gasteiger partial charge in [0.05, 0.1) is 17.0 Å². The van der Waals surface area contributed by atoms with Crippen molar-refractivity contribution < 1.29 is 33.5 Å². The van der Waals surface area contributed by atoms with Gasteiger partial charge in [0, 0.05) is 42.4 Å². The Balaban J connectivity index is 0.000000190. The number of phenolic OH excluding ortho intramolecular Hbond substituents is 2. The molecule has 0 bridgehead atoms. The molecule has 0 unspecified atom stereocenters. The van der Waals surface area contributed by atoms with Gasteiger partial charge in [-0.05, 0) is 125 Å². The molecule has 0 aliphatic carbocycles. The molecule has 0 aliphatic heterocycles. The highest BCUT2D eigenvalue weighted by atomic mass is 127. The first-order chi connectivity index (χ1) is 24.2. The second-order valence-electron chi connectivity index (χ2n) is 10.2. The smallest absolute Gasteiger partial charge is 0.491 e. The van der Waals surface area contributed by atoms with Gasteiger partial charge in [0.15, 0.2) is 0 Å². The van der Waals surface area contributed by atoms with Crippen LogP contribution in [0.25, 0.3) is 33.1 Å². The van der Waals surface area contributed by atoms with Crippen molar-refractivity contribution in [1.29, 1.82) is 0 Å². The van der Waals surface area contributed by atoms with E-state index in [9.17, 15) is 19.0 Å². The first-order valence-electron chi connectivity index (χ1n) is 14.3. The van der Waals surface area contributed by atoms with Crippen LogP contribution < -0.4 is 5.46 Å². The number of furan rings is 1. The number of halogens is 9. The molecule has 0 atom stereocenters. The predicted octanol–water partition coefficient (Wildman–Crippen LogP) is 13.2. The van der Waals surface area contributed by atoms with Gasteiger partial charge in [-0.25, -0.2) is 8.78 Å². The molecule has 0 saturated heterocycles. The normalized spacial score (nSPS) is 10.2. The standard InChI is InChI=1S/C12H7BrClFO.C12H6BrClO.C6H6BFO2.C6H3BrClIO.CH4/c13-10-6-7(14)5-9(12(10)16)8-3-1-2-4-11(8)15;13-10-6-7(14)5-9-8-3-1-2-4-11(8)15-12(9)10;8-6-4-2-1-3-5(6)7(9)10;7-4-1-3(8)2-5(9)6(4)10;/h1-6,16H;1-6H;1-4,9-10H;1-2,10H;1H4. The molecule has 0 aliphatic rings. The third-order valence-corrected chi connectivity index (χ3v) is 10.0. The number of benzene rings is 6. The molecule has 0 fully saturated rings. The molecule has 0 amide bonds. The summed E-state index contributed by atoms with van der Waals surface area (Å²) >= 11 is 29.3. The summed E-state index contributed by atoms with van der Waals surface area (Å²) in [4.78, 5) is 0. The van der Waals surface area contributed by atoms with E-state index in [0.29, 0.717) is 35.1 Å². The molecule has 1 heterocycles. The van der Waals surface area contributed by atoms with Crippen molar-refractivity contribution in [3.8, 4) is 22.6 Å². The van der Waals surface area contributed by atoms with E-state index in [1.54, 1.807) is 36.4 Å². The largest absolute Gasteiger partial charge is 0.506 e. The number of phenols is 2. The zero-order valence-corrected chi connectivity index (χ0v) is 34.8. The van der Waals surface area contributed by atoms with Gasteiger partial charge in [-0.15, -0.1) is 0 Å². The Bertz CT molecular complexity index is 2290. The second kappa shape index (κ2) is 20.3. The molecule has 1 aromatic heterocycles. The lowest BCUT2D eigenvalue weighted by Gasteiger charge is -2.08. The van der Waals surface area contributed by atoms with Crippen molar-refractivity contribution in [2.45, 2.75) is 7.43 Å². The van der Waals surface area contributed by atoms with Crippen LogP contribution >= 0.6 is 105 Å². The molecule has 6 aromatic carbocycles. The molecule has 7 rings (SSSR count). The number of hydrogen-bond acceptors (Lipinski definition) is 5. The van der Waals surface area contributed by atoms with Crippen LogP contribution in [0.1, 0.15) is 7.43 Å². The summed E-state index contributed by atoms with van der Waals surface area (Å²) in [5.74, 6) is -0.774. The molecule has 4 N–H and O–H groups in total. The van der Waals surface area contributed by atoms with Crippen LogP contribution in [0.2, 0.25) is 15.1 Å². The van der Waals surface area contributed by atoms with E-state index >= 15 is 0 Å². The van der Waals surface area contributed by atoms with Crippen molar-refractivity contribution >= 4 is 140 Å². The lowest BCUT2D eigenvalue weighted by Crippen LogP contribution is -2.32. The molecule has 270 valence electrons. The minimum absolute atomic E-state index is 0. The van der Waals surface area contributed by atoms with Gasteiger partial charge in [0.25, 0.3) is 0 Å². The zero-order valence-electron chi connectivity index (χ0n) is 25.6. The third-order valence-electron chi connectivity index (χ3n) is 6.75. The van der Waals surface area contributed by atoms with Crippen molar-refractivity contribution in [3.05, 3.63) is 153 Å². The number of rotatable bonds is 2. The second-order valence-corrected chi connectivity index (χ2v) is 15.3. The third kappa shape index (κ3) is 11.6. The molecule has 15 heteroatoms. The summed E-state index contributed by atoms with van der Waals surface area (Å²) in [5, 5.41) is 40.0. The van der Waals surface area contributed by atoms with E-state index in [1.807, 2.05) is 59.0 Å². The first kappa shape index (κ1) is 44.0. The van der Waals surface area contributed by atoms with Crippen molar-refractivity contribution in [3.63, 3.8) is 0 Å². The SMILES string of the molecule is C.Clc1cc(Br)c2oc3ccccc3c2c1.OB(O)c1ccccc1F.Oc1c(Br)cc(Cl)cc1-c1ccccc1F.Oc1c(Br)cc(Cl)cc1I. The molecule has 0 spiro atoms. The average molecular weight is 1070 g/mol. The maximum Gasteiger partial charge on any atom is 0.491 e. The van der Waals surface area contributed by atoms with Gasteiger partial charge in [-0.3, -0.25) is 0 Å². The molecular formula is C37H26BBr3Cl3F2IO5. The Morgan fingerprint density at radius 2 is 1.12 bits per heavy atom. The molecule has 7 aromatic rings. The highest BCUT2D eigenvalue weighted by Gasteiger charge is 2.15. The Hall–Kier alpha value is -2.40. The lowest BCUT2D eigenvalue weighted by atomic mass is 9.80. The van der Waals surface area contributed by atoms with Gasteiger partial charge in [-0.2, -0.15) is 0 Å². The van der Waals surface area contributed by atoms with E-state index in [1.165, 1.54) is 36.4 Å². The number of para-hydroxylation sites is 1. The van der Waals surface area contributed by atoms with Gasteiger partial charge in [0.1, 0.15) is 34.3 Å². The number of hydrogen-bond donors (Lipinski definition) is 4. The molecule has 5 nitrogen and oxygen atoms in total. The minimum atomic E-state index is -1.72. The van der Waals surface area contributed by atoms with Crippen LogP contribution in [0.4, 0.5) is 8.78 Å². The number of fused-ring (bicyclic) bond motifs is 3. The van der Waals surface area contributed by atoms with E-state index < -0.39 is 18.8 Å². The van der Waals surface area contributed by atoms with Gasteiger partial charge in [-0.1, -0.05) is 96.8 Å². The fourth-order valence-corrected chi connectivity index (χ4v) is 8.11.